The molecule has 0 aliphatic rings. The van der Waals surface area contributed by atoms with Gasteiger partial charge in [0.25, 0.3) is 0 Å². The van der Waals surface area contributed by atoms with Crippen LogP contribution in [0.5, 0.6) is 17.2 Å². The fourth-order valence-corrected chi connectivity index (χ4v) is 3.32. The molecule has 0 heterocycles. The summed E-state index contributed by atoms with van der Waals surface area (Å²) in [5.41, 5.74) is 2.96. The molecule has 0 fully saturated rings. The molecule has 4 rings (SSSR count). The van der Waals surface area contributed by atoms with Crippen LogP contribution in [-0.2, 0) is 6.42 Å². The highest BCUT2D eigenvalue weighted by Gasteiger charge is 2.13. The molecule has 0 spiro atoms. The Hall–Kier alpha value is -3.92. The van der Waals surface area contributed by atoms with Crippen molar-refractivity contribution in [3.8, 4) is 17.2 Å². The van der Waals surface area contributed by atoms with E-state index < -0.39 is 0 Å². The van der Waals surface area contributed by atoms with Gasteiger partial charge in [-0.05, 0) is 84.3 Å². The van der Waals surface area contributed by atoms with Crippen LogP contribution >= 0.6 is 0 Å². The maximum Gasteiger partial charge on any atom is 0.193 e. The third-order valence-corrected chi connectivity index (χ3v) is 4.88. The second-order valence-corrected chi connectivity index (χ2v) is 7.14. The van der Waals surface area contributed by atoms with E-state index >= 15 is 0 Å². The van der Waals surface area contributed by atoms with E-state index in [4.69, 9.17) is 9.47 Å². The van der Waals surface area contributed by atoms with Crippen LogP contribution in [0.2, 0.25) is 0 Å². The molecule has 31 heavy (non-hydrogen) atoms. The molecular weight excluding hydrogens is 391 g/mol. The Bertz CT molecular complexity index is 1170. The number of para-hydroxylation sites is 1. The molecule has 4 heteroatoms. The van der Waals surface area contributed by atoms with E-state index in [1.165, 1.54) is 12.1 Å². The van der Waals surface area contributed by atoms with Crippen LogP contribution in [0.4, 0.5) is 4.39 Å². The number of hydrogen-bond donors (Lipinski definition) is 0. The van der Waals surface area contributed by atoms with Crippen molar-refractivity contribution in [1.82, 2.24) is 0 Å². The Morgan fingerprint density at radius 2 is 1.39 bits per heavy atom. The average molecular weight is 412 g/mol. The Morgan fingerprint density at radius 1 is 0.710 bits per heavy atom. The van der Waals surface area contributed by atoms with Crippen LogP contribution in [0.1, 0.15) is 27.0 Å². The van der Waals surface area contributed by atoms with Crippen LogP contribution in [-0.4, -0.2) is 12.9 Å². The number of benzene rings is 4. The van der Waals surface area contributed by atoms with Gasteiger partial charge in [-0.1, -0.05) is 30.3 Å². The molecule has 0 aliphatic heterocycles. The molecule has 0 N–H and O–H groups in total. The second-order valence-electron chi connectivity index (χ2n) is 7.14. The lowest BCUT2D eigenvalue weighted by Crippen LogP contribution is -2.03. The Kier molecular flexibility index (Phi) is 6.08. The molecule has 0 amide bonds. The normalized spacial score (nSPS) is 10.5. The van der Waals surface area contributed by atoms with E-state index in [-0.39, 0.29) is 11.6 Å². The third kappa shape index (κ3) is 5.17. The highest BCUT2D eigenvalue weighted by atomic mass is 19.1. The standard InChI is InChI=1S/C27H21FO3/c1-30-26-17-20(15-19-7-11-23(28)12-8-19)16-22(18-26)27(29)21-9-13-25(14-10-21)31-24-5-3-2-4-6-24/h2-14,16-18H,15H2,1H3. The van der Waals surface area contributed by atoms with Gasteiger partial charge in [0.2, 0.25) is 0 Å². The summed E-state index contributed by atoms with van der Waals surface area (Å²) in [5.74, 6) is 1.62. The summed E-state index contributed by atoms with van der Waals surface area (Å²) >= 11 is 0. The summed E-state index contributed by atoms with van der Waals surface area (Å²) in [5, 5.41) is 0. The number of halogens is 1. The molecule has 0 bridgehead atoms. The van der Waals surface area contributed by atoms with E-state index in [2.05, 4.69) is 0 Å². The zero-order valence-corrected chi connectivity index (χ0v) is 17.0. The van der Waals surface area contributed by atoms with Gasteiger partial charge < -0.3 is 9.47 Å². The minimum atomic E-state index is -0.273. The monoisotopic (exact) mass is 412 g/mol. The average Bonchev–Trinajstić information content (AvgIpc) is 2.81. The lowest BCUT2D eigenvalue weighted by molar-refractivity contribution is 0.103. The molecule has 154 valence electrons. The Balaban J connectivity index is 1.55. The van der Waals surface area contributed by atoms with Gasteiger partial charge in [-0.25, -0.2) is 4.39 Å². The largest absolute Gasteiger partial charge is 0.497 e. The van der Waals surface area contributed by atoms with Gasteiger partial charge >= 0.3 is 0 Å². The lowest BCUT2D eigenvalue weighted by Gasteiger charge is -2.10. The van der Waals surface area contributed by atoms with E-state index in [9.17, 15) is 9.18 Å². The van der Waals surface area contributed by atoms with Gasteiger partial charge in [0.1, 0.15) is 23.1 Å². The van der Waals surface area contributed by atoms with Crippen molar-refractivity contribution in [3.63, 3.8) is 0 Å². The molecule has 4 aromatic rings. The summed E-state index contributed by atoms with van der Waals surface area (Å²) in [6.07, 6.45) is 0.571. The second kappa shape index (κ2) is 9.26. The zero-order valence-electron chi connectivity index (χ0n) is 17.0. The SMILES string of the molecule is COc1cc(Cc2ccc(F)cc2)cc(C(=O)c2ccc(Oc3ccccc3)cc2)c1. The number of ether oxygens (including phenoxy) is 2. The number of carbonyl (C=O) groups is 1. The quantitative estimate of drug-likeness (QED) is 0.327. The van der Waals surface area contributed by atoms with Crippen LogP contribution < -0.4 is 9.47 Å². The molecule has 0 saturated carbocycles. The maximum absolute atomic E-state index is 13.2. The lowest BCUT2D eigenvalue weighted by atomic mass is 9.97. The zero-order chi connectivity index (χ0) is 21.6. The van der Waals surface area contributed by atoms with Gasteiger partial charge in [0, 0.05) is 11.1 Å². The van der Waals surface area contributed by atoms with Gasteiger partial charge in [-0.2, -0.15) is 0 Å². The summed E-state index contributed by atoms with van der Waals surface area (Å²) in [6, 6.07) is 28.3. The molecule has 0 aromatic heterocycles. The highest BCUT2D eigenvalue weighted by molar-refractivity contribution is 6.09. The van der Waals surface area contributed by atoms with Crippen molar-refractivity contribution in [1.29, 1.82) is 0 Å². The molecule has 0 aliphatic carbocycles. The van der Waals surface area contributed by atoms with E-state index in [0.717, 1.165) is 16.9 Å². The van der Waals surface area contributed by atoms with Crippen molar-refractivity contribution in [2.24, 2.45) is 0 Å². The minimum Gasteiger partial charge on any atom is -0.497 e. The maximum atomic E-state index is 13.2. The molecule has 0 atom stereocenters. The topological polar surface area (TPSA) is 35.5 Å². The van der Waals surface area contributed by atoms with Crippen molar-refractivity contribution >= 4 is 5.78 Å². The van der Waals surface area contributed by atoms with E-state index in [0.29, 0.717) is 29.0 Å². The van der Waals surface area contributed by atoms with E-state index in [1.807, 2.05) is 42.5 Å². The van der Waals surface area contributed by atoms with E-state index in [1.54, 1.807) is 49.6 Å². The molecule has 3 nitrogen and oxygen atoms in total. The Morgan fingerprint density at radius 3 is 2.06 bits per heavy atom. The first-order valence-corrected chi connectivity index (χ1v) is 9.91. The molecule has 0 saturated heterocycles. The Labute approximate surface area is 180 Å². The fraction of sp³-hybridized carbons (Fsp3) is 0.0741. The highest BCUT2D eigenvalue weighted by Crippen LogP contribution is 2.25. The van der Waals surface area contributed by atoms with Crippen molar-refractivity contribution in [3.05, 3.63) is 125 Å². The van der Waals surface area contributed by atoms with Crippen LogP contribution in [0.3, 0.4) is 0 Å². The van der Waals surface area contributed by atoms with Crippen molar-refractivity contribution < 1.29 is 18.7 Å². The molecular formula is C27H21FO3. The first kappa shape index (κ1) is 20.4. The van der Waals surface area contributed by atoms with Crippen LogP contribution in [0.25, 0.3) is 0 Å². The predicted octanol–water partition coefficient (Wildman–Crippen LogP) is 6.45. The van der Waals surface area contributed by atoms with Gasteiger partial charge in [-0.3, -0.25) is 4.79 Å². The number of carbonyl (C=O) groups excluding carboxylic acids is 1. The summed E-state index contributed by atoms with van der Waals surface area (Å²) in [6.45, 7) is 0. The first-order valence-electron chi connectivity index (χ1n) is 9.91. The number of hydrogen-bond acceptors (Lipinski definition) is 3. The third-order valence-electron chi connectivity index (χ3n) is 4.88. The van der Waals surface area contributed by atoms with Crippen molar-refractivity contribution in [2.75, 3.05) is 7.11 Å². The number of rotatable bonds is 7. The smallest absolute Gasteiger partial charge is 0.193 e. The number of methoxy groups -OCH3 is 1. The van der Waals surface area contributed by atoms with Crippen LogP contribution in [0.15, 0.2) is 97.1 Å². The first-order chi connectivity index (χ1) is 15.1. The summed E-state index contributed by atoms with van der Waals surface area (Å²) < 4.78 is 24.4. The summed E-state index contributed by atoms with van der Waals surface area (Å²) in [7, 11) is 1.57. The van der Waals surface area contributed by atoms with Gasteiger partial charge in [-0.15, -0.1) is 0 Å². The van der Waals surface area contributed by atoms with Crippen LogP contribution in [0, 0.1) is 5.82 Å². The minimum absolute atomic E-state index is 0.106. The molecule has 4 aromatic carbocycles. The number of ketones is 1. The van der Waals surface area contributed by atoms with Crippen molar-refractivity contribution in [2.45, 2.75) is 6.42 Å². The fourth-order valence-electron chi connectivity index (χ4n) is 3.32. The molecule has 0 radical (unpaired) electrons. The van der Waals surface area contributed by atoms with Gasteiger partial charge in [0.15, 0.2) is 5.78 Å². The predicted molar refractivity (Wildman–Crippen MR) is 119 cm³/mol. The summed E-state index contributed by atoms with van der Waals surface area (Å²) in [4.78, 5) is 13.1. The van der Waals surface area contributed by atoms with Gasteiger partial charge in [0.05, 0.1) is 7.11 Å². The molecule has 0 unspecified atom stereocenters.